The molecule has 4 heterocycles. The van der Waals surface area contributed by atoms with E-state index in [1.54, 1.807) is 4.90 Å². The molecule has 2 aliphatic heterocycles. The van der Waals surface area contributed by atoms with Gasteiger partial charge in [0.05, 0.1) is 15.9 Å². The third-order valence-electron chi connectivity index (χ3n) is 8.86. The number of carboxylic acids is 1. The fourth-order valence-electron chi connectivity index (χ4n) is 6.83. The molecule has 1 aliphatic carbocycles. The Morgan fingerprint density at radius 2 is 1.74 bits per heavy atom. The number of ether oxygens (including phenoxy) is 1. The lowest BCUT2D eigenvalue weighted by atomic mass is 9.83. The number of hydrogen-bond acceptors (Lipinski definition) is 6. The van der Waals surface area contributed by atoms with Gasteiger partial charge >= 0.3 is 12.1 Å². The van der Waals surface area contributed by atoms with Crippen LogP contribution in [0.3, 0.4) is 0 Å². The highest BCUT2D eigenvalue weighted by atomic mass is 35.5. The molecule has 1 saturated heterocycles. The summed E-state index contributed by atoms with van der Waals surface area (Å²) in [6.45, 7) is 12.0. The number of halogens is 1. The van der Waals surface area contributed by atoms with Crippen molar-refractivity contribution in [1.82, 2.24) is 14.4 Å². The number of benzene rings is 1. The summed E-state index contributed by atoms with van der Waals surface area (Å²) >= 11 is 8.04. The van der Waals surface area contributed by atoms with Crippen LogP contribution < -0.4 is 4.90 Å². The van der Waals surface area contributed by atoms with Gasteiger partial charge in [-0.15, -0.1) is 11.3 Å². The van der Waals surface area contributed by atoms with Crippen molar-refractivity contribution in [3.05, 3.63) is 39.7 Å². The third kappa shape index (κ3) is 5.88. The smallest absolute Gasteiger partial charge is 0.410 e. The summed E-state index contributed by atoms with van der Waals surface area (Å²) in [6, 6.07) is 8.13. The number of carbonyl (C=O) groups excluding carboxylic acids is 1. The normalized spacial score (nSPS) is 18.6. The molecule has 1 N–H and O–H groups in total. The van der Waals surface area contributed by atoms with Crippen LogP contribution in [0, 0.1) is 0 Å². The molecule has 0 unspecified atom stereocenters. The number of fused-ring (bicyclic) bond motifs is 5. The average molecular weight is 613 g/mol. The number of aromatic nitrogens is 1. The fraction of sp³-hybridized carbons (Fsp3) is 0.562. The van der Waals surface area contributed by atoms with Crippen LogP contribution in [-0.2, 0) is 11.3 Å². The van der Waals surface area contributed by atoms with Crippen molar-refractivity contribution in [2.24, 2.45) is 0 Å². The number of amides is 1. The summed E-state index contributed by atoms with van der Waals surface area (Å²) in [5, 5.41) is 10.6. The molecule has 226 valence electrons. The van der Waals surface area contributed by atoms with Crippen LogP contribution in [0.2, 0.25) is 5.02 Å². The lowest BCUT2D eigenvalue weighted by Gasteiger charge is -2.36. The molecule has 0 radical (unpaired) electrons. The lowest BCUT2D eigenvalue weighted by molar-refractivity contribution is 0.0147. The molecular weight excluding hydrogens is 572 g/mol. The predicted octanol–water partition coefficient (Wildman–Crippen LogP) is 7.14. The molecule has 10 heteroatoms. The summed E-state index contributed by atoms with van der Waals surface area (Å²) in [4.78, 5) is 31.6. The number of carbonyl (C=O) groups is 2. The quantitative estimate of drug-likeness (QED) is 0.330. The molecule has 42 heavy (non-hydrogen) atoms. The van der Waals surface area contributed by atoms with E-state index in [1.807, 2.05) is 32.9 Å². The number of hydrogen-bond donors (Lipinski definition) is 1. The highest BCUT2D eigenvalue weighted by molar-refractivity contribution is 7.21. The molecule has 1 saturated carbocycles. The molecule has 2 fully saturated rings. The van der Waals surface area contributed by atoms with Gasteiger partial charge in [-0.1, -0.05) is 30.9 Å². The summed E-state index contributed by atoms with van der Waals surface area (Å²) < 4.78 is 9.10. The van der Waals surface area contributed by atoms with Crippen LogP contribution in [0.15, 0.2) is 24.3 Å². The molecule has 0 spiro atoms. The number of anilines is 1. The van der Waals surface area contributed by atoms with Crippen LogP contribution in [0.1, 0.15) is 74.0 Å². The van der Waals surface area contributed by atoms with E-state index < -0.39 is 11.6 Å². The van der Waals surface area contributed by atoms with E-state index in [1.165, 1.54) is 47.4 Å². The maximum atomic E-state index is 12.5. The van der Waals surface area contributed by atoms with E-state index in [0.29, 0.717) is 23.9 Å². The standard InChI is InChI=1S/C32H41ClN4O4S/c1-32(2,3)41-31(40)36-15-12-34(13-16-36)11-14-35-17-18-37-25-20-26(30(38)39)42-29(25)27(21-7-5-4-6-8-21)28(37)23-10-9-22(33)19-24(23)35/h9-10,19-21H,4-8,11-18H2,1-3H3,(H,38,39). The van der Waals surface area contributed by atoms with Crippen LogP contribution >= 0.6 is 22.9 Å². The minimum Gasteiger partial charge on any atom is -0.477 e. The van der Waals surface area contributed by atoms with Crippen molar-refractivity contribution in [2.75, 3.05) is 50.7 Å². The van der Waals surface area contributed by atoms with Crippen LogP contribution in [0.4, 0.5) is 10.5 Å². The molecule has 8 nitrogen and oxygen atoms in total. The Morgan fingerprint density at radius 3 is 2.43 bits per heavy atom. The first-order valence-electron chi connectivity index (χ1n) is 15.2. The minimum absolute atomic E-state index is 0.236. The molecule has 3 aromatic rings. The van der Waals surface area contributed by atoms with E-state index in [9.17, 15) is 14.7 Å². The van der Waals surface area contributed by atoms with Gasteiger partial charge in [0.2, 0.25) is 0 Å². The van der Waals surface area contributed by atoms with E-state index in [0.717, 1.165) is 73.0 Å². The zero-order valence-electron chi connectivity index (χ0n) is 24.8. The van der Waals surface area contributed by atoms with Gasteiger partial charge in [-0.3, -0.25) is 4.90 Å². The number of carboxylic acid groups (broad SMARTS) is 1. The summed E-state index contributed by atoms with van der Waals surface area (Å²) in [6.07, 6.45) is 5.76. The van der Waals surface area contributed by atoms with Crippen molar-refractivity contribution in [2.45, 2.75) is 70.9 Å². The Bertz CT molecular complexity index is 1480. The van der Waals surface area contributed by atoms with Gasteiger partial charge in [0.15, 0.2) is 0 Å². The maximum absolute atomic E-state index is 12.5. The molecule has 2 aromatic heterocycles. The first-order chi connectivity index (χ1) is 20.1. The second-order valence-electron chi connectivity index (χ2n) is 12.8. The van der Waals surface area contributed by atoms with Crippen molar-refractivity contribution >= 4 is 50.9 Å². The van der Waals surface area contributed by atoms with Crippen LogP contribution in [-0.4, -0.2) is 83.0 Å². The maximum Gasteiger partial charge on any atom is 0.410 e. The number of nitrogens with zero attached hydrogens (tertiary/aromatic N) is 4. The Hall–Kier alpha value is -2.75. The Morgan fingerprint density at radius 1 is 1.00 bits per heavy atom. The second-order valence-corrected chi connectivity index (χ2v) is 14.3. The SMILES string of the molecule is CC(C)(C)OC(=O)N1CCN(CCN2CCn3c(c(C4CCCCC4)c4sc(C(=O)O)cc43)-c3ccc(Cl)cc32)CC1. The van der Waals surface area contributed by atoms with Crippen molar-refractivity contribution in [3.63, 3.8) is 0 Å². The first-order valence-corrected chi connectivity index (χ1v) is 16.4. The lowest BCUT2D eigenvalue weighted by Crippen LogP contribution is -2.51. The van der Waals surface area contributed by atoms with Gasteiger partial charge in [0.25, 0.3) is 0 Å². The molecule has 6 rings (SSSR count). The molecule has 3 aliphatic rings. The summed E-state index contributed by atoms with van der Waals surface area (Å²) in [5.74, 6) is -0.413. The molecule has 0 atom stereocenters. The zero-order chi connectivity index (χ0) is 29.6. The van der Waals surface area contributed by atoms with Gasteiger partial charge in [0, 0.05) is 68.6 Å². The monoisotopic (exact) mass is 612 g/mol. The highest BCUT2D eigenvalue weighted by Gasteiger charge is 2.33. The van der Waals surface area contributed by atoms with Gasteiger partial charge in [-0.2, -0.15) is 0 Å². The van der Waals surface area contributed by atoms with E-state index in [-0.39, 0.29) is 6.09 Å². The topological polar surface area (TPSA) is 78.2 Å². The van der Waals surface area contributed by atoms with Crippen molar-refractivity contribution in [1.29, 1.82) is 0 Å². The van der Waals surface area contributed by atoms with Gasteiger partial charge in [0.1, 0.15) is 10.5 Å². The third-order valence-corrected chi connectivity index (χ3v) is 10.2. The predicted molar refractivity (Wildman–Crippen MR) is 170 cm³/mol. The molecule has 0 bridgehead atoms. The van der Waals surface area contributed by atoms with Gasteiger partial charge in [-0.25, -0.2) is 9.59 Å². The number of aromatic carboxylic acids is 1. The van der Waals surface area contributed by atoms with Gasteiger partial charge in [-0.05, 0) is 69.4 Å². The number of rotatable bonds is 5. The summed E-state index contributed by atoms with van der Waals surface area (Å²) in [5.41, 5.74) is 5.48. The highest BCUT2D eigenvalue weighted by Crippen LogP contribution is 2.49. The molecular formula is C32H41ClN4O4S. The Labute approximate surface area is 256 Å². The van der Waals surface area contributed by atoms with Crippen LogP contribution in [0.5, 0.6) is 0 Å². The average Bonchev–Trinajstić information content (AvgIpc) is 3.46. The van der Waals surface area contributed by atoms with E-state index >= 15 is 0 Å². The Kier molecular flexibility index (Phi) is 8.19. The van der Waals surface area contributed by atoms with Crippen molar-refractivity contribution < 1.29 is 19.4 Å². The number of thiophene rings is 1. The number of piperazine rings is 1. The van der Waals surface area contributed by atoms with Crippen molar-refractivity contribution in [3.8, 4) is 11.3 Å². The molecule has 1 aromatic carbocycles. The van der Waals surface area contributed by atoms with Crippen LogP contribution in [0.25, 0.3) is 21.5 Å². The van der Waals surface area contributed by atoms with E-state index in [4.69, 9.17) is 16.3 Å². The fourth-order valence-corrected chi connectivity index (χ4v) is 8.12. The zero-order valence-corrected chi connectivity index (χ0v) is 26.4. The van der Waals surface area contributed by atoms with E-state index in [2.05, 4.69) is 26.5 Å². The minimum atomic E-state index is -0.852. The molecule has 1 amide bonds. The van der Waals surface area contributed by atoms with Gasteiger partial charge < -0.3 is 24.2 Å². The second kappa shape index (κ2) is 11.7. The Balaban J connectivity index is 1.27. The first kappa shape index (κ1) is 29.3. The largest absolute Gasteiger partial charge is 0.477 e. The summed E-state index contributed by atoms with van der Waals surface area (Å²) in [7, 11) is 0.